The summed E-state index contributed by atoms with van der Waals surface area (Å²) in [5, 5.41) is 17.5. The first-order chi connectivity index (χ1) is 12.7. The van der Waals surface area contributed by atoms with Crippen LogP contribution in [0.5, 0.6) is 0 Å². The van der Waals surface area contributed by atoms with Crippen LogP contribution in [0.2, 0.25) is 0 Å². The second-order valence-electron chi connectivity index (χ2n) is 6.71. The molecule has 2 atom stereocenters. The van der Waals surface area contributed by atoms with Gasteiger partial charge in [-0.25, -0.2) is 4.99 Å². The Balaban J connectivity index is 0.00000261. The molecule has 2 saturated heterocycles. The molecule has 2 fully saturated rings. The summed E-state index contributed by atoms with van der Waals surface area (Å²) in [6.07, 6.45) is 3.47. The zero-order valence-electron chi connectivity index (χ0n) is 15.3. The average Bonchev–Trinajstić information content (AvgIpc) is 3.35. The highest BCUT2D eigenvalue weighted by atomic mass is 127. The smallest absolute Gasteiger partial charge is 0.269 e. The molecule has 0 spiro atoms. The summed E-state index contributed by atoms with van der Waals surface area (Å²) >= 11 is 0. The zero-order valence-corrected chi connectivity index (χ0v) is 17.6. The largest absolute Gasteiger partial charge is 0.381 e. The van der Waals surface area contributed by atoms with E-state index in [1.807, 2.05) is 0 Å². The number of rotatable bonds is 7. The maximum absolute atomic E-state index is 10.7. The standard InChI is InChI=1S/C18H26N4O4.HI/c23-22(24)16-5-3-14(4-6-16)10-19-18(20-11-15-7-9-25-13-15)21-12-17-2-1-8-26-17;/h3-6,15,17H,1-2,7-13H2,(H2,19,20,21);1H. The maximum Gasteiger partial charge on any atom is 0.269 e. The van der Waals surface area contributed by atoms with Gasteiger partial charge in [0.1, 0.15) is 0 Å². The molecule has 9 heteroatoms. The molecule has 3 rings (SSSR count). The minimum Gasteiger partial charge on any atom is -0.381 e. The van der Waals surface area contributed by atoms with Crippen LogP contribution in [0.3, 0.4) is 0 Å². The van der Waals surface area contributed by atoms with Crippen LogP contribution >= 0.6 is 24.0 Å². The van der Waals surface area contributed by atoms with E-state index in [-0.39, 0.29) is 35.8 Å². The van der Waals surface area contributed by atoms with Crippen molar-refractivity contribution in [3.63, 3.8) is 0 Å². The summed E-state index contributed by atoms with van der Waals surface area (Å²) in [4.78, 5) is 15.0. The highest BCUT2D eigenvalue weighted by Crippen LogP contribution is 2.13. The number of nitrogens with one attached hydrogen (secondary N) is 2. The number of aliphatic imine (C=N–C) groups is 1. The summed E-state index contributed by atoms with van der Waals surface area (Å²) in [6, 6.07) is 6.50. The first kappa shape index (κ1) is 21.8. The molecule has 0 aromatic heterocycles. The van der Waals surface area contributed by atoms with E-state index in [1.54, 1.807) is 12.1 Å². The van der Waals surface area contributed by atoms with Crippen molar-refractivity contribution in [1.29, 1.82) is 0 Å². The Morgan fingerprint density at radius 1 is 1.19 bits per heavy atom. The van der Waals surface area contributed by atoms with Crippen molar-refractivity contribution >= 4 is 35.6 Å². The van der Waals surface area contributed by atoms with Crippen LogP contribution < -0.4 is 10.6 Å². The Kier molecular flexibility index (Phi) is 9.22. The van der Waals surface area contributed by atoms with Gasteiger partial charge in [-0.15, -0.1) is 24.0 Å². The third kappa shape index (κ3) is 7.23. The van der Waals surface area contributed by atoms with Crippen LogP contribution in [0, 0.1) is 16.0 Å². The molecule has 150 valence electrons. The van der Waals surface area contributed by atoms with E-state index >= 15 is 0 Å². The molecular formula is C18H27IN4O4. The molecule has 27 heavy (non-hydrogen) atoms. The molecule has 2 unspecified atom stereocenters. The first-order valence-electron chi connectivity index (χ1n) is 9.15. The van der Waals surface area contributed by atoms with Gasteiger partial charge in [-0.3, -0.25) is 10.1 Å². The van der Waals surface area contributed by atoms with Gasteiger partial charge in [0.25, 0.3) is 5.69 Å². The van der Waals surface area contributed by atoms with Gasteiger partial charge >= 0.3 is 0 Å². The molecule has 2 aliphatic rings. The molecule has 2 aliphatic heterocycles. The van der Waals surface area contributed by atoms with E-state index in [4.69, 9.17) is 9.47 Å². The molecule has 0 amide bonds. The monoisotopic (exact) mass is 490 g/mol. The molecular weight excluding hydrogens is 463 g/mol. The van der Waals surface area contributed by atoms with E-state index in [1.165, 1.54) is 12.1 Å². The SMILES string of the molecule is I.O=[N+]([O-])c1ccc(CN=C(NCC2CCOC2)NCC2CCCO2)cc1. The van der Waals surface area contributed by atoms with E-state index in [0.717, 1.165) is 63.7 Å². The summed E-state index contributed by atoms with van der Waals surface area (Å²) in [6.45, 7) is 4.44. The number of halogens is 1. The molecule has 2 heterocycles. The van der Waals surface area contributed by atoms with Gasteiger partial charge in [-0.1, -0.05) is 12.1 Å². The topological polar surface area (TPSA) is 98.0 Å². The Morgan fingerprint density at radius 3 is 2.59 bits per heavy atom. The number of guanidine groups is 1. The van der Waals surface area contributed by atoms with Crippen LogP contribution in [0.15, 0.2) is 29.3 Å². The fraction of sp³-hybridized carbons (Fsp3) is 0.611. The number of benzene rings is 1. The number of hydrogen-bond donors (Lipinski definition) is 2. The van der Waals surface area contributed by atoms with Crippen LogP contribution in [0.25, 0.3) is 0 Å². The quantitative estimate of drug-likeness (QED) is 0.200. The minimum absolute atomic E-state index is 0. The van der Waals surface area contributed by atoms with Crippen molar-refractivity contribution in [2.75, 3.05) is 32.9 Å². The number of nitrogens with zero attached hydrogens (tertiary/aromatic N) is 2. The maximum atomic E-state index is 10.7. The molecule has 0 bridgehead atoms. The highest BCUT2D eigenvalue weighted by molar-refractivity contribution is 14.0. The molecule has 1 aromatic carbocycles. The second-order valence-corrected chi connectivity index (χ2v) is 6.71. The predicted molar refractivity (Wildman–Crippen MR) is 114 cm³/mol. The summed E-state index contributed by atoms with van der Waals surface area (Å²) in [5.41, 5.74) is 1.02. The molecule has 2 N–H and O–H groups in total. The summed E-state index contributed by atoms with van der Waals surface area (Å²) < 4.78 is 11.1. The highest BCUT2D eigenvalue weighted by Gasteiger charge is 2.18. The van der Waals surface area contributed by atoms with Gasteiger partial charge < -0.3 is 20.1 Å². The van der Waals surface area contributed by atoms with E-state index < -0.39 is 4.92 Å². The number of nitro benzene ring substituents is 1. The Bertz CT molecular complexity index is 592. The second kappa shape index (κ2) is 11.4. The number of nitro groups is 1. The fourth-order valence-electron chi connectivity index (χ4n) is 3.07. The lowest BCUT2D eigenvalue weighted by Crippen LogP contribution is -2.43. The van der Waals surface area contributed by atoms with Gasteiger partial charge in [-0.2, -0.15) is 0 Å². The third-order valence-corrected chi connectivity index (χ3v) is 4.67. The molecule has 0 saturated carbocycles. The van der Waals surface area contributed by atoms with E-state index in [2.05, 4.69) is 15.6 Å². The Hall–Kier alpha value is -1.46. The van der Waals surface area contributed by atoms with Gasteiger partial charge in [0.2, 0.25) is 0 Å². The van der Waals surface area contributed by atoms with Gasteiger partial charge in [0.05, 0.1) is 24.2 Å². The molecule has 0 aliphatic carbocycles. The molecule has 1 aromatic rings. The van der Waals surface area contributed by atoms with Crippen LogP contribution in [0.4, 0.5) is 5.69 Å². The normalized spacial score (nSPS) is 22.3. The number of non-ortho nitro benzene ring substituents is 1. The third-order valence-electron chi connectivity index (χ3n) is 4.67. The summed E-state index contributed by atoms with van der Waals surface area (Å²) in [7, 11) is 0. The predicted octanol–water partition coefficient (Wildman–Crippen LogP) is 2.46. The van der Waals surface area contributed by atoms with Crippen LogP contribution in [0.1, 0.15) is 24.8 Å². The zero-order chi connectivity index (χ0) is 18.2. The van der Waals surface area contributed by atoms with Crippen LogP contribution in [-0.2, 0) is 16.0 Å². The van der Waals surface area contributed by atoms with Crippen molar-refractivity contribution < 1.29 is 14.4 Å². The van der Waals surface area contributed by atoms with Crippen molar-refractivity contribution in [1.82, 2.24) is 10.6 Å². The van der Waals surface area contributed by atoms with Crippen molar-refractivity contribution in [3.8, 4) is 0 Å². The van der Waals surface area contributed by atoms with E-state index in [0.29, 0.717) is 12.5 Å². The average molecular weight is 490 g/mol. The van der Waals surface area contributed by atoms with Crippen molar-refractivity contribution in [3.05, 3.63) is 39.9 Å². The van der Waals surface area contributed by atoms with Gasteiger partial charge in [0, 0.05) is 44.4 Å². The Labute approximate surface area is 176 Å². The molecule has 0 radical (unpaired) electrons. The van der Waals surface area contributed by atoms with Crippen LogP contribution in [-0.4, -0.2) is 49.9 Å². The van der Waals surface area contributed by atoms with Gasteiger partial charge in [-0.05, 0) is 24.8 Å². The minimum atomic E-state index is -0.396. The molecule has 8 nitrogen and oxygen atoms in total. The first-order valence-corrected chi connectivity index (χ1v) is 9.15. The lowest BCUT2D eigenvalue weighted by molar-refractivity contribution is -0.384. The lowest BCUT2D eigenvalue weighted by atomic mass is 10.1. The van der Waals surface area contributed by atoms with Gasteiger partial charge in [0.15, 0.2) is 5.96 Å². The van der Waals surface area contributed by atoms with Crippen molar-refractivity contribution in [2.24, 2.45) is 10.9 Å². The van der Waals surface area contributed by atoms with Crippen molar-refractivity contribution in [2.45, 2.75) is 31.9 Å². The Morgan fingerprint density at radius 2 is 1.96 bits per heavy atom. The number of hydrogen-bond acceptors (Lipinski definition) is 5. The van der Waals surface area contributed by atoms with E-state index in [9.17, 15) is 10.1 Å². The fourth-order valence-corrected chi connectivity index (χ4v) is 3.07. The summed E-state index contributed by atoms with van der Waals surface area (Å²) in [5.74, 6) is 1.25. The number of ether oxygens (including phenoxy) is 2. The lowest BCUT2D eigenvalue weighted by Gasteiger charge is -2.17.